The molecular formula is C16H20N2O2. The molecule has 106 valence electrons. The largest absolute Gasteiger partial charge is 0.493 e. The molecule has 0 unspecified atom stereocenters. The standard InChI is InChI=1S/C16H20N2O2/c1-4-10-18-15(14(20-3)11-17-18)16(19)13-8-6-12(5-2)7-9-13/h6-9,11H,4-5,10H2,1-3H3. The Hall–Kier alpha value is -2.10. The van der Waals surface area contributed by atoms with Crippen LogP contribution in [0.4, 0.5) is 0 Å². The number of hydrogen-bond donors (Lipinski definition) is 0. The zero-order valence-electron chi connectivity index (χ0n) is 12.2. The topological polar surface area (TPSA) is 44.1 Å². The van der Waals surface area contributed by atoms with E-state index < -0.39 is 0 Å². The maximum absolute atomic E-state index is 12.6. The van der Waals surface area contributed by atoms with Gasteiger partial charge in [0.05, 0.1) is 13.3 Å². The van der Waals surface area contributed by atoms with Gasteiger partial charge in [-0.1, -0.05) is 38.1 Å². The molecular weight excluding hydrogens is 252 g/mol. The highest BCUT2D eigenvalue weighted by atomic mass is 16.5. The third-order valence-corrected chi connectivity index (χ3v) is 3.30. The maximum atomic E-state index is 12.6. The molecule has 1 heterocycles. The van der Waals surface area contributed by atoms with Crippen LogP contribution in [0.25, 0.3) is 0 Å². The van der Waals surface area contributed by atoms with Crippen LogP contribution >= 0.6 is 0 Å². The van der Waals surface area contributed by atoms with Gasteiger partial charge in [-0.3, -0.25) is 9.48 Å². The first kappa shape index (κ1) is 14.3. The van der Waals surface area contributed by atoms with Crippen molar-refractivity contribution in [3.8, 4) is 5.75 Å². The predicted octanol–water partition coefficient (Wildman–Crippen LogP) is 3.10. The van der Waals surface area contributed by atoms with Crippen LogP contribution in [0.1, 0.15) is 41.9 Å². The minimum absolute atomic E-state index is 0.0459. The van der Waals surface area contributed by atoms with E-state index in [1.807, 2.05) is 24.3 Å². The summed E-state index contributed by atoms with van der Waals surface area (Å²) in [6.07, 6.45) is 3.48. The van der Waals surface area contributed by atoms with E-state index >= 15 is 0 Å². The molecule has 0 saturated carbocycles. The molecule has 4 nitrogen and oxygen atoms in total. The second-order valence-electron chi connectivity index (χ2n) is 4.66. The summed E-state index contributed by atoms with van der Waals surface area (Å²) in [5.74, 6) is 0.485. The van der Waals surface area contributed by atoms with Gasteiger partial charge in [-0.15, -0.1) is 0 Å². The lowest BCUT2D eigenvalue weighted by Gasteiger charge is -2.08. The molecule has 4 heteroatoms. The van der Waals surface area contributed by atoms with Crippen LogP contribution in [0.15, 0.2) is 30.5 Å². The van der Waals surface area contributed by atoms with E-state index in [0.29, 0.717) is 23.6 Å². The van der Waals surface area contributed by atoms with Crippen molar-refractivity contribution in [2.24, 2.45) is 0 Å². The van der Waals surface area contributed by atoms with E-state index in [2.05, 4.69) is 18.9 Å². The van der Waals surface area contributed by atoms with E-state index in [1.165, 1.54) is 5.56 Å². The number of ketones is 1. The van der Waals surface area contributed by atoms with Crippen molar-refractivity contribution in [2.45, 2.75) is 33.2 Å². The molecule has 0 amide bonds. The fraction of sp³-hybridized carbons (Fsp3) is 0.375. The van der Waals surface area contributed by atoms with Crippen LogP contribution in [-0.4, -0.2) is 22.7 Å². The van der Waals surface area contributed by atoms with Crippen LogP contribution < -0.4 is 4.74 Å². The minimum Gasteiger partial charge on any atom is -0.493 e. The molecule has 20 heavy (non-hydrogen) atoms. The number of aromatic nitrogens is 2. The van der Waals surface area contributed by atoms with Gasteiger partial charge in [0.1, 0.15) is 0 Å². The Labute approximate surface area is 119 Å². The highest BCUT2D eigenvalue weighted by Crippen LogP contribution is 2.22. The summed E-state index contributed by atoms with van der Waals surface area (Å²) in [5.41, 5.74) is 2.41. The number of methoxy groups -OCH3 is 1. The number of carbonyl (C=O) groups excluding carboxylic acids is 1. The summed E-state index contributed by atoms with van der Waals surface area (Å²) >= 11 is 0. The quantitative estimate of drug-likeness (QED) is 0.759. The Balaban J connectivity index is 2.38. The number of hydrogen-bond acceptors (Lipinski definition) is 3. The molecule has 0 radical (unpaired) electrons. The number of carbonyl (C=O) groups is 1. The van der Waals surface area contributed by atoms with Gasteiger partial charge in [0.2, 0.25) is 5.78 Å². The lowest BCUT2D eigenvalue weighted by atomic mass is 10.0. The van der Waals surface area contributed by atoms with Crippen molar-refractivity contribution in [1.82, 2.24) is 9.78 Å². The fourth-order valence-corrected chi connectivity index (χ4v) is 2.16. The highest BCUT2D eigenvalue weighted by Gasteiger charge is 2.20. The summed E-state index contributed by atoms with van der Waals surface area (Å²) in [4.78, 5) is 12.6. The van der Waals surface area contributed by atoms with Gasteiger partial charge >= 0.3 is 0 Å². The summed E-state index contributed by atoms with van der Waals surface area (Å²) in [7, 11) is 1.56. The van der Waals surface area contributed by atoms with Crippen molar-refractivity contribution in [3.05, 3.63) is 47.3 Å². The Morgan fingerprint density at radius 1 is 1.25 bits per heavy atom. The van der Waals surface area contributed by atoms with Gasteiger partial charge < -0.3 is 4.74 Å². The zero-order chi connectivity index (χ0) is 14.5. The molecule has 0 saturated heterocycles. The van der Waals surface area contributed by atoms with Crippen LogP contribution in [0.3, 0.4) is 0 Å². The average molecular weight is 272 g/mol. The molecule has 0 spiro atoms. The van der Waals surface area contributed by atoms with E-state index in [1.54, 1.807) is 18.0 Å². The van der Waals surface area contributed by atoms with Crippen LogP contribution in [-0.2, 0) is 13.0 Å². The van der Waals surface area contributed by atoms with Gasteiger partial charge in [-0.2, -0.15) is 5.10 Å². The van der Waals surface area contributed by atoms with E-state index in [9.17, 15) is 4.79 Å². The first-order chi connectivity index (χ1) is 9.71. The normalized spacial score (nSPS) is 10.6. The Morgan fingerprint density at radius 2 is 1.95 bits per heavy atom. The second-order valence-corrected chi connectivity index (χ2v) is 4.66. The maximum Gasteiger partial charge on any atom is 0.214 e. The molecule has 0 bridgehead atoms. The van der Waals surface area contributed by atoms with Crippen molar-refractivity contribution in [3.63, 3.8) is 0 Å². The monoisotopic (exact) mass is 272 g/mol. The number of benzene rings is 1. The third kappa shape index (κ3) is 2.74. The Kier molecular flexibility index (Phi) is 4.56. The molecule has 0 aliphatic heterocycles. The van der Waals surface area contributed by atoms with Gasteiger partial charge in [0.15, 0.2) is 11.4 Å². The first-order valence-corrected chi connectivity index (χ1v) is 6.94. The lowest BCUT2D eigenvalue weighted by molar-refractivity contribution is 0.102. The fourth-order valence-electron chi connectivity index (χ4n) is 2.16. The minimum atomic E-state index is -0.0459. The van der Waals surface area contributed by atoms with Crippen LogP contribution in [0.2, 0.25) is 0 Å². The molecule has 1 aromatic carbocycles. The van der Waals surface area contributed by atoms with Crippen molar-refractivity contribution < 1.29 is 9.53 Å². The van der Waals surface area contributed by atoms with Crippen molar-refractivity contribution in [2.75, 3.05) is 7.11 Å². The number of ether oxygens (including phenoxy) is 1. The number of aryl methyl sites for hydroxylation is 2. The number of rotatable bonds is 6. The summed E-state index contributed by atoms with van der Waals surface area (Å²) in [6, 6.07) is 7.70. The second kappa shape index (κ2) is 6.37. The van der Waals surface area contributed by atoms with E-state index in [0.717, 1.165) is 12.8 Å². The Bertz CT molecular complexity index is 585. The molecule has 2 aromatic rings. The highest BCUT2D eigenvalue weighted by molar-refractivity contribution is 6.09. The van der Waals surface area contributed by atoms with Crippen LogP contribution in [0.5, 0.6) is 5.75 Å². The smallest absolute Gasteiger partial charge is 0.214 e. The molecule has 2 rings (SSSR count). The Morgan fingerprint density at radius 3 is 2.50 bits per heavy atom. The lowest BCUT2D eigenvalue weighted by Crippen LogP contribution is -2.12. The summed E-state index contributed by atoms with van der Waals surface area (Å²) in [6.45, 7) is 4.85. The van der Waals surface area contributed by atoms with Gasteiger partial charge in [-0.25, -0.2) is 0 Å². The van der Waals surface area contributed by atoms with Crippen molar-refractivity contribution >= 4 is 5.78 Å². The average Bonchev–Trinajstić information content (AvgIpc) is 2.90. The predicted molar refractivity (Wildman–Crippen MR) is 78.3 cm³/mol. The molecule has 0 aliphatic rings. The van der Waals surface area contributed by atoms with Crippen molar-refractivity contribution in [1.29, 1.82) is 0 Å². The van der Waals surface area contributed by atoms with Gasteiger partial charge in [0, 0.05) is 12.1 Å². The zero-order valence-corrected chi connectivity index (χ0v) is 12.2. The molecule has 0 atom stereocenters. The summed E-state index contributed by atoms with van der Waals surface area (Å²) in [5, 5.41) is 4.23. The van der Waals surface area contributed by atoms with E-state index in [-0.39, 0.29) is 5.78 Å². The molecule has 0 fully saturated rings. The van der Waals surface area contributed by atoms with Gasteiger partial charge in [-0.05, 0) is 18.4 Å². The SMILES string of the molecule is CCCn1ncc(OC)c1C(=O)c1ccc(CC)cc1. The van der Waals surface area contributed by atoms with E-state index in [4.69, 9.17) is 4.74 Å². The van der Waals surface area contributed by atoms with Gasteiger partial charge in [0.25, 0.3) is 0 Å². The third-order valence-electron chi connectivity index (χ3n) is 3.30. The molecule has 1 aromatic heterocycles. The molecule has 0 N–H and O–H groups in total. The summed E-state index contributed by atoms with van der Waals surface area (Å²) < 4.78 is 6.97. The first-order valence-electron chi connectivity index (χ1n) is 6.94. The van der Waals surface area contributed by atoms with Crippen LogP contribution in [0, 0.1) is 0 Å². The molecule has 0 aliphatic carbocycles. The number of nitrogens with zero attached hydrogens (tertiary/aromatic N) is 2.